The molecular weight excluding hydrogens is 290 g/mol. The molecule has 0 aromatic carbocycles. The number of ether oxygens (including phenoxy) is 3. The van der Waals surface area contributed by atoms with Gasteiger partial charge in [-0.1, -0.05) is 6.42 Å². The molecule has 1 saturated carbocycles. The molecule has 7 heteroatoms. The molecule has 0 saturated heterocycles. The van der Waals surface area contributed by atoms with Crippen molar-refractivity contribution >= 4 is 18.0 Å². The molecule has 0 radical (unpaired) electrons. The van der Waals surface area contributed by atoms with Gasteiger partial charge in [-0.3, -0.25) is 0 Å². The van der Waals surface area contributed by atoms with Gasteiger partial charge in [-0.25, -0.2) is 14.4 Å². The van der Waals surface area contributed by atoms with Gasteiger partial charge >= 0.3 is 18.0 Å². The number of esters is 2. The fraction of sp³-hybridized carbons (Fsp3) is 0.667. The minimum absolute atomic E-state index is 0.00981. The summed E-state index contributed by atoms with van der Waals surface area (Å²) in [7, 11) is 1.21. The molecule has 1 aliphatic carbocycles. The largest absolute Gasteiger partial charge is 0.466 e. The Kier molecular flexibility index (Phi) is 8.03. The summed E-state index contributed by atoms with van der Waals surface area (Å²) in [5.41, 5.74) is 0. The summed E-state index contributed by atoms with van der Waals surface area (Å²) in [4.78, 5) is 33.8. The van der Waals surface area contributed by atoms with Crippen LogP contribution in [0, 0.1) is 0 Å². The van der Waals surface area contributed by atoms with Gasteiger partial charge in [0.25, 0.3) is 0 Å². The van der Waals surface area contributed by atoms with Crippen molar-refractivity contribution in [1.29, 1.82) is 0 Å². The van der Waals surface area contributed by atoms with E-state index in [-0.39, 0.29) is 18.8 Å². The number of hydrogen-bond donors (Lipinski definition) is 1. The number of methoxy groups -OCH3 is 1. The van der Waals surface area contributed by atoms with E-state index in [1.54, 1.807) is 6.92 Å². The molecule has 0 spiro atoms. The van der Waals surface area contributed by atoms with Crippen LogP contribution in [0.5, 0.6) is 0 Å². The fourth-order valence-electron chi connectivity index (χ4n) is 2.07. The van der Waals surface area contributed by atoms with Crippen molar-refractivity contribution in [2.24, 2.45) is 0 Å². The van der Waals surface area contributed by atoms with Crippen LogP contribution in [0.4, 0.5) is 4.79 Å². The van der Waals surface area contributed by atoms with Gasteiger partial charge in [-0.05, 0) is 32.6 Å². The van der Waals surface area contributed by atoms with Gasteiger partial charge < -0.3 is 19.5 Å². The van der Waals surface area contributed by atoms with Gasteiger partial charge in [-0.2, -0.15) is 0 Å². The molecule has 0 aliphatic heterocycles. The summed E-state index contributed by atoms with van der Waals surface area (Å²) < 4.78 is 14.5. The zero-order valence-electron chi connectivity index (χ0n) is 13.0. The van der Waals surface area contributed by atoms with Crippen molar-refractivity contribution in [3.63, 3.8) is 0 Å². The standard InChI is InChI=1S/C15H23NO6/c1-11(10-21-14(18)9-8-13(17)20-2)16-15(19)22-12-6-4-3-5-7-12/h8-9,11-12H,3-7,10H2,1-2H3,(H,16,19)/b9-8+/t11-/m1/s1. The molecule has 22 heavy (non-hydrogen) atoms. The van der Waals surface area contributed by atoms with E-state index in [0.29, 0.717) is 0 Å². The molecule has 1 fully saturated rings. The lowest BCUT2D eigenvalue weighted by Gasteiger charge is -2.23. The fourth-order valence-corrected chi connectivity index (χ4v) is 2.07. The molecule has 0 bridgehead atoms. The third-order valence-corrected chi connectivity index (χ3v) is 3.22. The normalized spacial score (nSPS) is 16.8. The van der Waals surface area contributed by atoms with Crippen LogP contribution in [-0.2, 0) is 23.8 Å². The first-order chi connectivity index (χ1) is 10.5. The summed E-state index contributed by atoms with van der Waals surface area (Å²) in [5, 5.41) is 2.60. The number of rotatable bonds is 6. The lowest BCUT2D eigenvalue weighted by atomic mass is 9.98. The molecular formula is C15H23NO6. The Bertz CT molecular complexity index is 414. The van der Waals surface area contributed by atoms with E-state index in [1.165, 1.54) is 13.5 Å². The SMILES string of the molecule is COC(=O)/C=C/C(=O)OC[C@@H](C)NC(=O)OC1CCCCC1. The van der Waals surface area contributed by atoms with E-state index >= 15 is 0 Å². The maximum Gasteiger partial charge on any atom is 0.407 e. The van der Waals surface area contributed by atoms with E-state index in [2.05, 4.69) is 10.1 Å². The first-order valence-electron chi connectivity index (χ1n) is 7.41. The summed E-state index contributed by atoms with van der Waals surface area (Å²) in [6.07, 6.45) is 6.57. The molecule has 1 N–H and O–H groups in total. The van der Waals surface area contributed by atoms with Crippen LogP contribution in [0.1, 0.15) is 39.0 Å². The maximum absolute atomic E-state index is 11.7. The number of amides is 1. The van der Waals surface area contributed by atoms with Gasteiger partial charge in [-0.15, -0.1) is 0 Å². The highest BCUT2D eigenvalue weighted by Crippen LogP contribution is 2.20. The lowest BCUT2D eigenvalue weighted by molar-refractivity contribution is -0.139. The van der Waals surface area contributed by atoms with E-state index in [4.69, 9.17) is 9.47 Å². The van der Waals surface area contributed by atoms with E-state index < -0.39 is 18.0 Å². The van der Waals surface area contributed by atoms with Crippen LogP contribution < -0.4 is 5.32 Å². The van der Waals surface area contributed by atoms with Crippen molar-refractivity contribution in [3.8, 4) is 0 Å². The second kappa shape index (κ2) is 9.81. The summed E-state index contributed by atoms with van der Waals surface area (Å²) in [6.45, 7) is 1.68. The van der Waals surface area contributed by atoms with Crippen LogP contribution in [-0.4, -0.2) is 43.9 Å². The predicted octanol–water partition coefficient (Wildman–Crippen LogP) is 1.71. The van der Waals surface area contributed by atoms with Gasteiger partial charge in [0.05, 0.1) is 13.2 Å². The van der Waals surface area contributed by atoms with Crippen LogP contribution in [0.15, 0.2) is 12.2 Å². The highest BCUT2D eigenvalue weighted by atomic mass is 16.6. The van der Waals surface area contributed by atoms with E-state index in [1.807, 2.05) is 0 Å². The number of carbonyl (C=O) groups is 3. The lowest BCUT2D eigenvalue weighted by Crippen LogP contribution is -2.38. The third-order valence-electron chi connectivity index (χ3n) is 3.22. The number of hydrogen-bond acceptors (Lipinski definition) is 6. The summed E-state index contributed by atoms with van der Waals surface area (Å²) in [6, 6.07) is -0.383. The maximum atomic E-state index is 11.7. The van der Waals surface area contributed by atoms with E-state index in [9.17, 15) is 14.4 Å². The Balaban J connectivity index is 2.20. The Morgan fingerprint density at radius 2 is 1.77 bits per heavy atom. The minimum Gasteiger partial charge on any atom is -0.466 e. The molecule has 0 aromatic rings. The Hall–Kier alpha value is -2.05. The predicted molar refractivity (Wildman–Crippen MR) is 78.1 cm³/mol. The van der Waals surface area contributed by atoms with Crippen molar-refractivity contribution in [1.82, 2.24) is 5.32 Å². The number of alkyl carbamates (subject to hydrolysis) is 1. The minimum atomic E-state index is -0.681. The molecule has 124 valence electrons. The third kappa shape index (κ3) is 7.66. The first kappa shape index (κ1) is 18.0. The molecule has 1 rings (SSSR count). The Labute approximate surface area is 130 Å². The smallest absolute Gasteiger partial charge is 0.407 e. The number of carbonyl (C=O) groups excluding carboxylic acids is 3. The monoisotopic (exact) mass is 313 g/mol. The highest BCUT2D eigenvalue weighted by molar-refractivity contribution is 5.91. The van der Waals surface area contributed by atoms with Crippen molar-refractivity contribution < 1.29 is 28.6 Å². The Morgan fingerprint density at radius 3 is 2.41 bits per heavy atom. The molecule has 1 atom stereocenters. The molecule has 0 aromatic heterocycles. The quantitative estimate of drug-likeness (QED) is 0.456. The number of nitrogens with one attached hydrogen (secondary N) is 1. The van der Waals surface area contributed by atoms with Crippen LogP contribution in [0.3, 0.4) is 0 Å². The molecule has 7 nitrogen and oxygen atoms in total. The average Bonchev–Trinajstić information content (AvgIpc) is 2.51. The van der Waals surface area contributed by atoms with Crippen molar-refractivity contribution in [3.05, 3.63) is 12.2 Å². The zero-order valence-corrected chi connectivity index (χ0v) is 13.0. The zero-order chi connectivity index (χ0) is 16.4. The van der Waals surface area contributed by atoms with Crippen LogP contribution in [0.25, 0.3) is 0 Å². The van der Waals surface area contributed by atoms with Gasteiger partial charge in [0.1, 0.15) is 12.7 Å². The van der Waals surface area contributed by atoms with Gasteiger partial charge in [0, 0.05) is 12.2 Å². The van der Waals surface area contributed by atoms with Crippen molar-refractivity contribution in [2.45, 2.75) is 51.2 Å². The first-order valence-corrected chi connectivity index (χ1v) is 7.41. The second-order valence-corrected chi connectivity index (χ2v) is 5.20. The molecule has 1 aliphatic rings. The second-order valence-electron chi connectivity index (χ2n) is 5.20. The Morgan fingerprint density at radius 1 is 1.14 bits per heavy atom. The van der Waals surface area contributed by atoms with Gasteiger partial charge in [0.15, 0.2) is 0 Å². The average molecular weight is 313 g/mol. The van der Waals surface area contributed by atoms with Crippen molar-refractivity contribution in [2.75, 3.05) is 13.7 Å². The van der Waals surface area contributed by atoms with Crippen LogP contribution in [0.2, 0.25) is 0 Å². The van der Waals surface area contributed by atoms with E-state index in [0.717, 1.165) is 37.8 Å². The summed E-state index contributed by atoms with van der Waals surface area (Å²) >= 11 is 0. The molecule has 1 amide bonds. The highest BCUT2D eigenvalue weighted by Gasteiger charge is 2.18. The topological polar surface area (TPSA) is 90.9 Å². The van der Waals surface area contributed by atoms with Crippen LogP contribution >= 0.6 is 0 Å². The molecule has 0 heterocycles. The molecule has 0 unspecified atom stereocenters. The van der Waals surface area contributed by atoms with Gasteiger partial charge in [0.2, 0.25) is 0 Å². The summed E-state index contributed by atoms with van der Waals surface area (Å²) in [5.74, 6) is -1.32.